The van der Waals surface area contributed by atoms with E-state index in [1.807, 2.05) is 11.8 Å². The highest BCUT2D eigenvalue weighted by molar-refractivity contribution is 7.99. The summed E-state index contributed by atoms with van der Waals surface area (Å²) in [6, 6.07) is 0.736. The maximum atomic E-state index is 2.59. The highest BCUT2D eigenvalue weighted by Crippen LogP contribution is 2.26. The van der Waals surface area contributed by atoms with E-state index in [1.165, 1.54) is 19.4 Å². The minimum Gasteiger partial charge on any atom is -0.289 e. The fraction of sp³-hybridized carbons (Fsp3) is 1.00. The van der Waals surface area contributed by atoms with Crippen LogP contribution in [-0.2, 0) is 0 Å². The van der Waals surface area contributed by atoms with E-state index in [2.05, 4.69) is 25.0 Å². The van der Waals surface area contributed by atoms with E-state index >= 15 is 0 Å². The molecule has 1 rings (SSSR count). The van der Waals surface area contributed by atoms with Crippen molar-refractivity contribution in [1.29, 1.82) is 0 Å². The first-order valence-electron chi connectivity index (χ1n) is 4.04. The Labute approximate surface area is 68.2 Å². The fourth-order valence-electron chi connectivity index (χ4n) is 1.60. The summed E-state index contributed by atoms with van der Waals surface area (Å²) in [7, 11) is 0. The number of thioether (sulfide) groups is 1. The van der Waals surface area contributed by atoms with E-state index in [0.29, 0.717) is 0 Å². The van der Waals surface area contributed by atoms with Gasteiger partial charge in [0, 0.05) is 6.04 Å². The molecule has 1 nitrogen and oxygen atoms in total. The van der Waals surface area contributed by atoms with Crippen LogP contribution in [-0.4, -0.2) is 29.1 Å². The first-order chi connectivity index (χ1) is 4.75. The van der Waals surface area contributed by atoms with E-state index in [1.54, 1.807) is 0 Å². The van der Waals surface area contributed by atoms with Crippen molar-refractivity contribution in [2.24, 2.45) is 0 Å². The number of hydrogen-bond acceptors (Lipinski definition) is 2. The van der Waals surface area contributed by atoms with Crippen molar-refractivity contribution in [1.82, 2.24) is 4.90 Å². The van der Waals surface area contributed by atoms with Crippen LogP contribution in [0.4, 0.5) is 0 Å². The second-order valence-corrected chi connectivity index (χ2v) is 4.18. The maximum absolute atomic E-state index is 2.59. The van der Waals surface area contributed by atoms with Crippen LogP contribution in [0.2, 0.25) is 0 Å². The number of likely N-dealkylation sites (tertiary alicyclic amines) is 1. The van der Waals surface area contributed by atoms with Crippen LogP contribution in [0.1, 0.15) is 26.7 Å². The van der Waals surface area contributed by atoms with E-state index in [9.17, 15) is 0 Å². The summed E-state index contributed by atoms with van der Waals surface area (Å²) in [5.41, 5.74) is 0. The molecule has 0 N–H and O–H groups in total. The lowest BCUT2D eigenvalue weighted by atomic mass is 10.3. The summed E-state index contributed by atoms with van der Waals surface area (Å²) in [6.45, 7) is 5.88. The van der Waals surface area contributed by atoms with Gasteiger partial charge in [0.05, 0.1) is 5.37 Å². The molecule has 1 aliphatic rings. The average Bonchev–Trinajstić information content (AvgIpc) is 2.33. The van der Waals surface area contributed by atoms with Gasteiger partial charge in [-0.2, -0.15) is 0 Å². The smallest absolute Gasteiger partial charge is 0.0557 e. The van der Waals surface area contributed by atoms with Gasteiger partial charge in [0.1, 0.15) is 0 Å². The molecule has 1 fully saturated rings. The molecule has 1 heterocycles. The minimum atomic E-state index is 0.736. The Bertz CT molecular complexity index is 103. The predicted octanol–water partition coefficient (Wildman–Crippen LogP) is 2.18. The van der Waals surface area contributed by atoms with Gasteiger partial charge in [-0.1, -0.05) is 0 Å². The molecule has 1 aliphatic heterocycles. The lowest BCUT2D eigenvalue weighted by Gasteiger charge is -2.26. The van der Waals surface area contributed by atoms with Crippen LogP contribution in [0, 0.1) is 0 Å². The molecule has 1 atom stereocenters. The molecular formula is C8H17NS. The summed E-state index contributed by atoms with van der Waals surface area (Å²) in [4.78, 5) is 2.59. The summed E-state index contributed by atoms with van der Waals surface area (Å²) in [6.07, 6.45) is 4.99. The van der Waals surface area contributed by atoms with Crippen molar-refractivity contribution in [2.45, 2.75) is 38.1 Å². The first kappa shape index (κ1) is 8.41. The van der Waals surface area contributed by atoms with Crippen LogP contribution >= 0.6 is 11.8 Å². The van der Waals surface area contributed by atoms with Gasteiger partial charge in [-0.25, -0.2) is 0 Å². The van der Waals surface area contributed by atoms with Crippen molar-refractivity contribution in [3.05, 3.63) is 0 Å². The van der Waals surface area contributed by atoms with Crippen molar-refractivity contribution < 1.29 is 0 Å². The van der Waals surface area contributed by atoms with E-state index in [-0.39, 0.29) is 0 Å². The minimum absolute atomic E-state index is 0.736. The molecule has 10 heavy (non-hydrogen) atoms. The average molecular weight is 159 g/mol. The van der Waals surface area contributed by atoms with Gasteiger partial charge in [-0.05, 0) is 39.5 Å². The molecule has 0 bridgehead atoms. The van der Waals surface area contributed by atoms with Gasteiger partial charge in [0.2, 0.25) is 0 Å². The Hall–Kier alpha value is 0.310. The molecule has 60 valence electrons. The SMILES string of the molecule is CSC1CCCN1C(C)C. The summed E-state index contributed by atoms with van der Waals surface area (Å²) in [5, 5.41) is 0.806. The molecule has 0 saturated carbocycles. The third kappa shape index (κ3) is 1.67. The normalized spacial score (nSPS) is 28.2. The van der Waals surface area contributed by atoms with Gasteiger partial charge in [-0.15, -0.1) is 11.8 Å². The third-order valence-corrected chi connectivity index (χ3v) is 3.22. The molecule has 0 radical (unpaired) electrons. The molecule has 0 aliphatic carbocycles. The van der Waals surface area contributed by atoms with Crippen molar-refractivity contribution in [2.75, 3.05) is 12.8 Å². The van der Waals surface area contributed by atoms with E-state index in [4.69, 9.17) is 0 Å². The Kier molecular flexibility index (Phi) is 3.05. The monoisotopic (exact) mass is 159 g/mol. The highest BCUT2D eigenvalue weighted by Gasteiger charge is 2.24. The van der Waals surface area contributed by atoms with E-state index < -0.39 is 0 Å². The molecule has 0 amide bonds. The lowest BCUT2D eigenvalue weighted by molar-refractivity contribution is 0.257. The molecule has 2 heteroatoms. The Balaban J connectivity index is 2.42. The van der Waals surface area contributed by atoms with Gasteiger partial charge < -0.3 is 0 Å². The predicted molar refractivity (Wildman–Crippen MR) is 48.4 cm³/mol. The maximum Gasteiger partial charge on any atom is 0.0557 e. The molecule has 0 aromatic rings. The molecule has 1 saturated heterocycles. The summed E-state index contributed by atoms with van der Waals surface area (Å²) < 4.78 is 0. The van der Waals surface area contributed by atoms with Crippen LogP contribution in [0.15, 0.2) is 0 Å². The van der Waals surface area contributed by atoms with Crippen LogP contribution in [0.3, 0.4) is 0 Å². The van der Waals surface area contributed by atoms with Crippen LogP contribution < -0.4 is 0 Å². The Morgan fingerprint density at radius 1 is 1.50 bits per heavy atom. The summed E-state index contributed by atoms with van der Waals surface area (Å²) in [5.74, 6) is 0. The topological polar surface area (TPSA) is 3.24 Å². The zero-order valence-electron chi connectivity index (χ0n) is 7.13. The molecule has 1 unspecified atom stereocenters. The molecular weight excluding hydrogens is 142 g/mol. The third-order valence-electron chi connectivity index (χ3n) is 2.17. The quantitative estimate of drug-likeness (QED) is 0.607. The first-order valence-corrected chi connectivity index (χ1v) is 5.33. The second kappa shape index (κ2) is 3.63. The molecule has 0 aromatic heterocycles. The van der Waals surface area contributed by atoms with E-state index in [0.717, 1.165) is 11.4 Å². The number of rotatable bonds is 2. The Morgan fingerprint density at radius 2 is 2.20 bits per heavy atom. The zero-order valence-corrected chi connectivity index (χ0v) is 7.95. The standard InChI is InChI=1S/C8H17NS/c1-7(2)9-6-4-5-8(9)10-3/h7-8H,4-6H2,1-3H3. The zero-order chi connectivity index (χ0) is 7.56. The number of hydrogen-bond donors (Lipinski definition) is 0. The fourth-order valence-corrected chi connectivity index (χ4v) is 2.62. The van der Waals surface area contributed by atoms with Crippen molar-refractivity contribution in [3.63, 3.8) is 0 Å². The lowest BCUT2D eigenvalue weighted by Crippen LogP contribution is -2.33. The van der Waals surface area contributed by atoms with Gasteiger partial charge in [-0.3, -0.25) is 4.90 Å². The molecule has 0 spiro atoms. The van der Waals surface area contributed by atoms with Crippen LogP contribution in [0.25, 0.3) is 0 Å². The van der Waals surface area contributed by atoms with Crippen molar-refractivity contribution in [3.8, 4) is 0 Å². The Morgan fingerprint density at radius 3 is 2.60 bits per heavy atom. The van der Waals surface area contributed by atoms with Gasteiger partial charge in [0.25, 0.3) is 0 Å². The molecule has 0 aromatic carbocycles. The van der Waals surface area contributed by atoms with Gasteiger partial charge in [0.15, 0.2) is 0 Å². The van der Waals surface area contributed by atoms with Crippen LogP contribution in [0.5, 0.6) is 0 Å². The largest absolute Gasteiger partial charge is 0.289 e. The van der Waals surface area contributed by atoms with Crippen molar-refractivity contribution >= 4 is 11.8 Å². The summed E-state index contributed by atoms with van der Waals surface area (Å²) >= 11 is 1.99. The highest BCUT2D eigenvalue weighted by atomic mass is 32.2. The van der Waals surface area contributed by atoms with Gasteiger partial charge >= 0.3 is 0 Å². The second-order valence-electron chi connectivity index (χ2n) is 3.16. The number of nitrogens with zero attached hydrogens (tertiary/aromatic N) is 1.